The van der Waals surface area contributed by atoms with E-state index in [9.17, 15) is 5.11 Å². The molecule has 1 N–H and O–H groups in total. The van der Waals surface area contributed by atoms with Gasteiger partial charge in [-0.3, -0.25) is 0 Å². The predicted octanol–water partition coefficient (Wildman–Crippen LogP) is 7.84. The summed E-state index contributed by atoms with van der Waals surface area (Å²) in [5.41, 5.74) is 3.62. The lowest BCUT2D eigenvalue weighted by Gasteiger charge is -2.34. The van der Waals surface area contributed by atoms with E-state index in [0.29, 0.717) is 12.4 Å². The molecule has 5 rings (SSSR count). The van der Waals surface area contributed by atoms with Crippen LogP contribution < -0.4 is 4.74 Å². The van der Waals surface area contributed by atoms with Crippen LogP contribution in [0.4, 0.5) is 0 Å². The fraction of sp³-hybridized carbons (Fsp3) is 0.438. The van der Waals surface area contributed by atoms with Crippen LogP contribution in [0, 0.1) is 0 Å². The van der Waals surface area contributed by atoms with Crippen molar-refractivity contribution < 1.29 is 9.84 Å². The minimum atomic E-state index is 0.155. The number of likely N-dealkylation sites (tertiary alicyclic amines) is 1. The SMILES string of the molecule is Oc1ccc2c(c1)C(c1ccc(SCCCCCCCN3CCCC3)cc1)C(c1ccccc1)CO2. The van der Waals surface area contributed by atoms with Gasteiger partial charge >= 0.3 is 0 Å². The third kappa shape index (κ3) is 6.46. The van der Waals surface area contributed by atoms with Gasteiger partial charge in [0.05, 0.1) is 6.61 Å². The van der Waals surface area contributed by atoms with Crippen LogP contribution in [0.3, 0.4) is 0 Å². The van der Waals surface area contributed by atoms with Crippen LogP contribution in [0.15, 0.2) is 77.7 Å². The van der Waals surface area contributed by atoms with Crippen molar-refractivity contribution in [3.05, 3.63) is 89.5 Å². The van der Waals surface area contributed by atoms with Gasteiger partial charge in [0, 0.05) is 22.3 Å². The molecular weight excluding hydrogens is 462 g/mol. The quantitative estimate of drug-likeness (QED) is 0.214. The number of nitrogens with zero attached hydrogens (tertiary/aromatic N) is 1. The molecule has 0 radical (unpaired) electrons. The van der Waals surface area contributed by atoms with Crippen LogP contribution in [0.5, 0.6) is 11.5 Å². The second kappa shape index (κ2) is 12.7. The first-order valence-electron chi connectivity index (χ1n) is 13.7. The van der Waals surface area contributed by atoms with Crippen LogP contribution >= 0.6 is 11.8 Å². The average molecular weight is 502 g/mol. The number of rotatable bonds is 11. The molecule has 4 heteroatoms. The Hall–Kier alpha value is -2.43. The Morgan fingerprint density at radius 2 is 1.56 bits per heavy atom. The molecule has 2 aliphatic rings. The van der Waals surface area contributed by atoms with Crippen molar-refractivity contribution in [3.63, 3.8) is 0 Å². The van der Waals surface area contributed by atoms with E-state index < -0.39 is 0 Å². The van der Waals surface area contributed by atoms with Gasteiger partial charge in [0.2, 0.25) is 0 Å². The molecule has 0 spiro atoms. The molecule has 0 bridgehead atoms. The van der Waals surface area contributed by atoms with Crippen LogP contribution in [0.1, 0.15) is 73.5 Å². The Morgan fingerprint density at radius 1 is 0.806 bits per heavy atom. The summed E-state index contributed by atoms with van der Waals surface area (Å²) in [5.74, 6) is 2.72. The number of benzene rings is 3. The van der Waals surface area contributed by atoms with Crippen LogP contribution in [-0.4, -0.2) is 42.0 Å². The number of hydrogen-bond donors (Lipinski definition) is 1. The second-order valence-corrected chi connectivity index (χ2v) is 11.4. The summed E-state index contributed by atoms with van der Waals surface area (Å²) >= 11 is 1.97. The minimum absolute atomic E-state index is 0.155. The van der Waals surface area contributed by atoms with Crippen molar-refractivity contribution in [2.24, 2.45) is 0 Å². The van der Waals surface area contributed by atoms with E-state index in [4.69, 9.17) is 4.74 Å². The number of aromatic hydroxyl groups is 1. The first-order valence-corrected chi connectivity index (χ1v) is 14.7. The molecule has 3 aromatic rings. The molecule has 1 saturated heterocycles. The molecule has 3 nitrogen and oxygen atoms in total. The summed E-state index contributed by atoms with van der Waals surface area (Å²) in [6, 6.07) is 25.2. The van der Waals surface area contributed by atoms with Crippen LogP contribution in [0.25, 0.3) is 0 Å². The Bertz CT molecular complexity index is 1080. The maximum Gasteiger partial charge on any atom is 0.123 e. The maximum absolute atomic E-state index is 10.2. The Kier molecular flexibility index (Phi) is 8.90. The van der Waals surface area contributed by atoms with Gasteiger partial charge in [-0.1, -0.05) is 61.7 Å². The van der Waals surface area contributed by atoms with Crippen molar-refractivity contribution in [1.82, 2.24) is 4.90 Å². The largest absolute Gasteiger partial charge is 0.508 e. The van der Waals surface area contributed by atoms with Gasteiger partial charge in [-0.25, -0.2) is 0 Å². The van der Waals surface area contributed by atoms with Crippen LogP contribution in [0.2, 0.25) is 0 Å². The van der Waals surface area contributed by atoms with Gasteiger partial charge in [0.1, 0.15) is 11.5 Å². The Balaban J connectivity index is 1.16. The summed E-state index contributed by atoms with van der Waals surface area (Å²) in [5, 5.41) is 10.2. The van der Waals surface area contributed by atoms with Crippen molar-refractivity contribution in [2.75, 3.05) is 32.0 Å². The number of fused-ring (bicyclic) bond motifs is 1. The molecule has 0 amide bonds. The number of phenols is 1. The van der Waals surface area contributed by atoms with E-state index in [0.717, 1.165) is 11.3 Å². The minimum Gasteiger partial charge on any atom is -0.508 e. The molecule has 190 valence electrons. The summed E-state index contributed by atoms with van der Waals surface area (Å²) < 4.78 is 6.13. The third-order valence-corrected chi connectivity index (χ3v) is 8.80. The molecule has 2 unspecified atom stereocenters. The zero-order chi connectivity index (χ0) is 24.6. The van der Waals surface area contributed by atoms with Gasteiger partial charge in [-0.05, 0) is 92.5 Å². The summed E-state index contributed by atoms with van der Waals surface area (Å²) in [4.78, 5) is 3.97. The lowest BCUT2D eigenvalue weighted by molar-refractivity contribution is 0.248. The van der Waals surface area contributed by atoms with E-state index in [1.807, 2.05) is 23.9 Å². The van der Waals surface area contributed by atoms with E-state index in [1.165, 1.54) is 86.4 Å². The van der Waals surface area contributed by atoms with E-state index in [1.54, 1.807) is 6.07 Å². The van der Waals surface area contributed by atoms with Gasteiger partial charge in [0.15, 0.2) is 0 Å². The highest BCUT2D eigenvalue weighted by Gasteiger charge is 2.33. The molecule has 0 saturated carbocycles. The molecule has 2 heterocycles. The first kappa shape index (κ1) is 25.2. The van der Waals surface area contributed by atoms with Crippen molar-refractivity contribution in [2.45, 2.75) is 61.7 Å². The number of ether oxygens (including phenoxy) is 1. The normalized spacial score (nSPS) is 19.7. The third-order valence-electron chi connectivity index (χ3n) is 7.70. The Labute approximate surface area is 220 Å². The topological polar surface area (TPSA) is 32.7 Å². The van der Waals surface area contributed by atoms with Crippen molar-refractivity contribution in [3.8, 4) is 11.5 Å². The zero-order valence-electron chi connectivity index (χ0n) is 21.3. The number of phenolic OH excluding ortho intramolecular Hbond substituents is 1. The lowest BCUT2D eigenvalue weighted by atomic mass is 9.76. The molecule has 1 fully saturated rings. The molecule has 2 aliphatic heterocycles. The molecule has 2 atom stereocenters. The maximum atomic E-state index is 10.2. The van der Waals surface area contributed by atoms with Gasteiger partial charge in [0.25, 0.3) is 0 Å². The fourth-order valence-electron chi connectivity index (χ4n) is 5.74. The van der Waals surface area contributed by atoms with Crippen LogP contribution in [-0.2, 0) is 0 Å². The molecule has 0 aliphatic carbocycles. The van der Waals surface area contributed by atoms with Gasteiger partial charge in [-0.2, -0.15) is 0 Å². The van der Waals surface area contributed by atoms with E-state index >= 15 is 0 Å². The fourth-order valence-corrected chi connectivity index (χ4v) is 6.65. The van der Waals surface area contributed by atoms with E-state index in [2.05, 4.69) is 59.5 Å². The zero-order valence-corrected chi connectivity index (χ0v) is 22.1. The van der Waals surface area contributed by atoms with Gasteiger partial charge in [-0.15, -0.1) is 11.8 Å². The first-order chi connectivity index (χ1) is 17.8. The highest BCUT2D eigenvalue weighted by atomic mass is 32.2. The predicted molar refractivity (Wildman–Crippen MR) is 151 cm³/mol. The summed E-state index contributed by atoms with van der Waals surface area (Å²) in [6.45, 7) is 4.60. The smallest absolute Gasteiger partial charge is 0.123 e. The highest BCUT2D eigenvalue weighted by molar-refractivity contribution is 7.99. The number of hydrogen-bond acceptors (Lipinski definition) is 4. The molecular formula is C32H39NO2S. The monoisotopic (exact) mass is 501 g/mol. The number of unbranched alkanes of at least 4 members (excludes halogenated alkanes) is 4. The van der Waals surface area contributed by atoms with Gasteiger partial charge < -0.3 is 14.7 Å². The molecule has 36 heavy (non-hydrogen) atoms. The standard InChI is InChI=1S/C32H39NO2S/c34-27-15-18-31-29(23-27)32(30(24-35-31)25-11-5-4-6-12-25)26-13-16-28(17-14-26)36-22-10-3-1-2-7-19-33-20-8-9-21-33/h4-6,11-18,23,30,32,34H,1-3,7-10,19-22,24H2. The summed E-state index contributed by atoms with van der Waals surface area (Å²) in [7, 11) is 0. The lowest BCUT2D eigenvalue weighted by Crippen LogP contribution is -2.25. The molecule has 0 aromatic heterocycles. The number of thioether (sulfide) groups is 1. The molecule has 3 aromatic carbocycles. The van der Waals surface area contributed by atoms with E-state index in [-0.39, 0.29) is 11.8 Å². The van der Waals surface area contributed by atoms with Crippen molar-refractivity contribution in [1.29, 1.82) is 0 Å². The summed E-state index contributed by atoms with van der Waals surface area (Å²) in [6.07, 6.45) is 9.54. The Morgan fingerprint density at radius 3 is 2.36 bits per heavy atom. The second-order valence-electron chi connectivity index (χ2n) is 10.3. The van der Waals surface area contributed by atoms with Crippen molar-refractivity contribution >= 4 is 11.8 Å². The highest BCUT2D eigenvalue weighted by Crippen LogP contribution is 2.47. The average Bonchev–Trinajstić information content (AvgIpc) is 3.44.